The van der Waals surface area contributed by atoms with Gasteiger partial charge in [-0.15, -0.1) is 0 Å². The van der Waals surface area contributed by atoms with Gasteiger partial charge in [-0.3, -0.25) is 4.90 Å². The van der Waals surface area contributed by atoms with Crippen LogP contribution in [-0.4, -0.2) is 30.6 Å². The van der Waals surface area contributed by atoms with Gasteiger partial charge in [-0.1, -0.05) is 48.5 Å². The molecule has 0 radical (unpaired) electrons. The molecule has 1 heterocycles. The van der Waals surface area contributed by atoms with Crippen molar-refractivity contribution in [2.24, 2.45) is 0 Å². The molecule has 3 nitrogen and oxygen atoms in total. The van der Waals surface area contributed by atoms with Gasteiger partial charge < -0.3 is 9.88 Å². The van der Waals surface area contributed by atoms with Gasteiger partial charge in [0, 0.05) is 28.4 Å². The molecule has 1 atom stereocenters. The van der Waals surface area contributed by atoms with Gasteiger partial charge in [0.15, 0.2) is 0 Å². The van der Waals surface area contributed by atoms with E-state index in [1.807, 2.05) is 7.05 Å². The number of para-hydroxylation sites is 1. The van der Waals surface area contributed by atoms with Crippen LogP contribution in [0, 0.1) is 6.92 Å². The highest BCUT2D eigenvalue weighted by atomic mass is 15.2. The number of nitrogens with one attached hydrogen (secondary N) is 1. The zero-order valence-corrected chi connectivity index (χ0v) is 17.5. The average molecular weight is 372 g/mol. The monoisotopic (exact) mass is 371 g/mol. The predicted molar refractivity (Wildman–Crippen MR) is 121 cm³/mol. The smallest absolute Gasteiger partial charge is 0.0862 e. The third kappa shape index (κ3) is 2.83. The molecule has 3 aromatic carbocycles. The molecule has 0 aliphatic heterocycles. The summed E-state index contributed by atoms with van der Waals surface area (Å²) in [4.78, 5) is 2.25. The van der Waals surface area contributed by atoms with Crippen LogP contribution in [0.25, 0.3) is 32.9 Å². The Morgan fingerprint density at radius 3 is 2.32 bits per heavy atom. The van der Waals surface area contributed by atoms with Crippen molar-refractivity contribution in [1.29, 1.82) is 0 Å². The molecule has 3 heteroatoms. The van der Waals surface area contributed by atoms with Gasteiger partial charge in [-0.2, -0.15) is 0 Å². The maximum absolute atomic E-state index is 3.52. The Balaban J connectivity index is 2.23. The molecule has 0 aliphatic carbocycles. The maximum atomic E-state index is 3.52. The molecule has 4 aromatic rings. The van der Waals surface area contributed by atoms with E-state index in [0.717, 1.165) is 6.54 Å². The molecule has 28 heavy (non-hydrogen) atoms. The standard InChI is InChI=1S/C25H29N3/c1-6-28-21-15-11-10-14-19(21)23-22(25(26-3)27(4)5)17(2)16-20(24(23)28)18-12-8-7-9-13-18/h7-16,25-26H,6H2,1-5H3. The Hall–Kier alpha value is -2.62. The highest BCUT2D eigenvalue weighted by molar-refractivity contribution is 6.14. The number of benzene rings is 3. The molecular formula is C25H29N3. The van der Waals surface area contributed by atoms with E-state index in [1.165, 1.54) is 44.1 Å². The van der Waals surface area contributed by atoms with Crippen molar-refractivity contribution in [2.75, 3.05) is 21.1 Å². The van der Waals surface area contributed by atoms with E-state index in [1.54, 1.807) is 0 Å². The van der Waals surface area contributed by atoms with Gasteiger partial charge in [-0.25, -0.2) is 0 Å². The first-order valence-corrected chi connectivity index (χ1v) is 10.0. The molecule has 0 spiro atoms. The van der Waals surface area contributed by atoms with Crippen LogP contribution in [0.4, 0.5) is 0 Å². The molecule has 1 aromatic heterocycles. The fourth-order valence-electron chi connectivity index (χ4n) is 4.60. The van der Waals surface area contributed by atoms with Gasteiger partial charge in [0.2, 0.25) is 0 Å². The summed E-state index contributed by atoms with van der Waals surface area (Å²) in [7, 11) is 6.31. The Kier molecular flexibility index (Phi) is 4.96. The van der Waals surface area contributed by atoms with E-state index in [2.05, 4.69) is 103 Å². The van der Waals surface area contributed by atoms with Crippen LogP contribution in [0.5, 0.6) is 0 Å². The molecule has 0 saturated heterocycles. The fourth-order valence-corrected chi connectivity index (χ4v) is 4.60. The lowest BCUT2D eigenvalue weighted by atomic mass is 9.92. The van der Waals surface area contributed by atoms with E-state index in [9.17, 15) is 0 Å². The molecule has 0 fully saturated rings. The largest absolute Gasteiger partial charge is 0.340 e. The average Bonchev–Trinajstić information content (AvgIpc) is 3.04. The molecular weight excluding hydrogens is 342 g/mol. The number of rotatable bonds is 5. The molecule has 4 rings (SSSR count). The number of aryl methyl sites for hydroxylation is 2. The fraction of sp³-hybridized carbons (Fsp3) is 0.280. The predicted octanol–water partition coefficient (Wildman–Crippen LogP) is 5.57. The van der Waals surface area contributed by atoms with Crippen molar-refractivity contribution in [1.82, 2.24) is 14.8 Å². The summed E-state index contributed by atoms with van der Waals surface area (Å²) >= 11 is 0. The molecule has 0 amide bonds. The number of fused-ring (bicyclic) bond motifs is 3. The SMILES string of the molecule is CCn1c2ccccc2c2c(C(NC)N(C)C)c(C)cc(-c3ccccc3)c21. The van der Waals surface area contributed by atoms with E-state index in [4.69, 9.17) is 0 Å². The number of aromatic nitrogens is 1. The topological polar surface area (TPSA) is 20.2 Å². The van der Waals surface area contributed by atoms with Crippen molar-refractivity contribution in [3.8, 4) is 11.1 Å². The van der Waals surface area contributed by atoms with Crippen LogP contribution < -0.4 is 5.32 Å². The van der Waals surface area contributed by atoms with Crippen LogP contribution in [0.2, 0.25) is 0 Å². The lowest BCUT2D eigenvalue weighted by Gasteiger charge is -2.27. The molecule has 0 saturated carbocycles. The van der Waals surface area contributed by atoms with Crippen molar-refractivity contribution in [3.05, 3.63) is 71.8 Å². The van der Waals surface area contributed by atoms with Gasteiger partial charge in [0.05, 0.1) is 11.7 Å². The molecule has 0 bridgehead atoms. The van der Waals surface area contributed by atoms with Crippen LogP contribution >= 0.6 is 0 Å². The first kappa shape index (κ1) is 18.7. The Labute approximate surface area is 167 Å². The Bertz CT molecular complexity index is 1120. The molecule has 0 aliphatic rings. The summed E-state index contributed by atoms with van der Waals surface area (Å²) in [5, 5.41) is 6.21. The third-order valence-electron chi connectivity index (χ3n) is 5.75. The normalized spacial score (nSPS) is 12.9. The van der Waals surface area contributed by atoms with E-state index in [-0.39, 0.29) is 6.17 Å². The van der Waals surface area contributed by atoms with Crippen LogP contribution in [0.3, 0.4) is 0 Å². The minimum absolute atomic E-state index is 0.156. The molecule has 144 valence electrons. The second kappa shape index (κ2) is 7.42. The summed E-state index contributed by atoms with van der Waals surface area (Å²) in [6, 6.07) is 21.9. The van der Waals surface area contributed by atoms with Crippen LogP contribution in [-0.2, 0) is 6.54 Å². The Morgan fingerprint density at radius 1 is 1.00 bits per heavy atom. The lowest BCUT2D eigenvalue weighted by molar-refractivity contribution is 0.265. The molecule has 1 N–H and O–H groups in total. The van der Waals surface area contributed by atoms with Crippen LogP contribution in [0.15, 0.2) is 60.7 Å². The quantitative estimate of drug-likeness (QED) is 0.463. The second-order valence-electron chi connectivity index (χ2n) is 7.66. The van der Waals surface area contributed by atoms with Crippen molar-refractivity contribution < 1.29 is 0 Å². The minimum Gasteiger partial charge on any atom is -0.340 e. The van der Waals surface area contributed by atoms with Crippen molar-refractivity contribution >= 4 is 21.8 Å². The van der Waals surface area contributed by atoms with E-state index >= 15 is 0 Å². The van der Waals surface area contributed by atoms with Crippen molar-refractivity contribution in [2.45, 2.75) is 26.6 Å². The highest BCUT2D eigenvalue weighted by Gasteiger charge is 2.24. The summed E-state index contributed by atoms with van der Waals surface area (Å²) in [6.07, 6.45) is 0.156. The highest BCUT2D eigenvalue weighted by Crippen LogP contribution is 2.42. The second-order valence-corrected chi connectivity index (χ2v) is 7.66. The summed E-state index contributed by atoms with van der Waals surface area (Å²) in [5.74, 6) is 0. The first-order valence-electron chi connectivity index (χ1n) is 10.0. The summed E-state index contributed by atoms with van der Waals surface area (Å²) < 4.78 is 2.47. The number of nitrogens with zero attached hydrogens (tertiary/aromatic N) is 2. The summed E-state index contributed by atoms with van der Waals surface area (Å²) in [5.41, 5.74) is 7.90. The van der Waals surface area contributed by atoms with Gasteiger partial charge in [0.25, 0.3) is 0 Å². The minimum atomic E-state index is 0.156. The van der Waals surface area contributed by atoms with E-state index in [0.29, 0.717) is 0 Å². The van der Waals surface area contributed by atoms with Crippen LogP contribution in [0.1, 0.15) is 24.2 Å². The lowest BCUT2D eigenvalue weighted by Crippen LogP contribution is -2.31. The Morgan fingerprint density at radius 2 is 1.68 bits per heavy atom. The van der Waals surface area contributed by atoms with Crippen molar-refractivity contribution in [3.63, 3.8) is 0 Å². The van der Waals surface area contributed by atoms with Gasteiger partial charge in [0.1, 0.15) is 0 Å². The summed E-state index contributed by atoms with van der Waals surface area (Å²) in [6.45, 7) is 5.42. The van der Waals surface area contributed by atoms with E-state index < -0.39 is 0 Å². The maximum Gasteiger partial charge on any atom is 0.0862 e. The molecule has 1 unspecified atom stereocenters. The zero-order chi connectivity index (χ0) is 19.8. The third-order valence-corrected chi connectivity index (χ3v) is 5.75. The van der Waals surface area contributed by atoms with Gasteiger partial charge >= 0.3 is 0 Å². The zero-order valence-electron chi connectivity index (χ0n) is 17.5. The van der Waals surface area contributed by atoms with Gasteiger partial charge in [-0.05, 0) is 63.8 Å². The number of hydrogen-bond donors (Lipinski definition) is 1. The first-order chi connectivity index (χ1) is 13.6. The number of hydrogen-bond acceptors (Lipinski definition) is 2.